The molecular weight excluding hydrogens is 350 g/mol. The van der Waals surface area contributed by atoms with Gasteiger partial charge in [0.1, 0.15) is 5.75 Å². The maximum Gasteiger partial charge on any atom is 0.257 e. The van der Waals surface area contributed by atoms with E-state index in [2.05, 4.69) is 10.00 Å². The van der Waals surface area contributed by atoms with E-state index in [1.807, 2.05) is 30.1 Å². The highest BCUT2D eigenvalue weighted by Gasteiger charge is 2.22. The molecule has 2 aromatic heterocycles. The van der Waals surface area contributed by atoms with E-state index in [-0.39, 0.29) is 5.91 Å². The van der Waals surface area contributed by atoms with Crippen molar-refractivity contribution in [2.75, 3.05) is 38.2 Å². The number of amides is 1. The van der Waals surface area contributed by atoms with Gasteiger partial charge < -0.3 is 14.5 Å². The van der Waals surface area contributed by atoms with Crippen molar-refractivity contribution in [1.29, 1.82) is 0 Å². The first-order valence-electron chi connectivity index (χ1n) is 8.61. The molecule has 1 amide bonds. The molecule has 1 aliphatic heterocycles. The van der Waals surface area contributed by atoms with Gasteiger partial charge in [0, 0.05) is 39.4 Å². The SMILES string of the molecule is COc1ccc2nc(N3CCCN(C(=O)c4cnn(C)c4)CC3)sc2c1. The van der Waals surface area contributed by atoms with Crippen LogP contribution in [0, 0.1) is 0 Å². The van der Waals surface area contributed by atoms with Crippen LogP contribution in [0.15, 0.2) is 30.6 Å². The Bertz CT molecular complexity index is 935. The number of hydrogen-bond acceptors (Lipinski definition) is 6. The Morgan fingerprint density at radius 3 is 2.88 bits per heavy atom. The summed E-state index contributed by atoms with van der Waals surface area (Å²) in [5, 5.41) is 5.10. The van der Waals surface area contributed by atoms with E-state index < -0.39 is 0 Å². The van der Waals surface area contributed by atoms with E-state index in [1.165, 1.54) is 0 Å². The summed E-state index contributed by atoms with van der Waals surface area (Å²) in [6.07, 6.45) is 4.32. The zero-order chi connectivity index (χ0) is 18.1. The average Bonchev–Trinajstić information content (AvgIpc) is 3.19. The van der Waals surface area contributed by atoms with Crippen molar-refractivity contribution in [1.82, 2.24) is 19.7 Å². The summed E-state index contributed by atoms with van der Waals surface area (Å²) in [6.45, 7) is 3.12. The smallest absolute Gasteiger partial charge is 0.257 e. The Kier molecular flexibility index (Phi) is 4.50. The number of hydrogen-bond donors (Lipinski definition) is 0. The molecule has 0 bridgehead atoms. The van der Waals surface area contributed by atoms with Crippen LogP contribution < -0.4 is 9.64 Å². The topological polar surface area (TPSA) is 63.5 Å². The number of fused-ring (bicyclic) bond motifs is 1. The third kappa shape index (κ3) is 3.24. The number of carbonyl (C=O) groups is 1. The summed E-state index contributed by atoms with van der Waals surface area (Å²) in [5.74, 6) is 0.894. The van der Waals surface area contributed by atoms with Crippen LogP contribution in [0.25, 0.3) is 10.2 Å². The number of aromatic nitrogens is 3. The number of nitrogens with zero attached hydrogens (tertiary/aromatic N) is 5. The van der Waals surface area contributed by atoms with Gasteiger partial charge in [-0.3, -0.25) is 9.48 Å². The maximum atomic E-state index is 12.6. The zero-order valence-corrected chi connectivity index (χ0v) is 15.7. The molecule has 1 aromatic carbocycles. The summed E-state index contributed by atoms with van der Waals surface area (Å²) in [6, 6.07) is 5.94. The summed E-state index contributed by atoms with van der Waals surface area (Å²) in [7, 11) is 3.49. The second kappa shape index (κ2) is 6.95. The molecule has 0 radical (unpaired) electrons. The number of ether oxygens (including phenoxy) is 1. The van der Waals surface area contributed by atoms with E-state index in [0.29, 0.717) is 12.1 Å². The second-order valence-corrected chi connectivity index (χ2v) is 7.37. The van der Waals surface area contributed by atoms with Crippen molar-refractivity contribution in [3.05, 3.63) is 36.2 Å². The van der Waals surface area contributed by atoms with Crippen LogP contribution >= 0.6 is 11.3 Å². The van der Waals surface area contributed by atoms with Gasteiger partial charge in [0.2, 0.25) is 0 Å². The molecule has 0 aliphatic carbocycles. The Labute approximate surface area is 155 Å². The fourth-order valence-corrected chi connectivity index (χ4v) is 4.23. The second-order valence-electron chi connectivity index (χ2n) is 6.37. The summed E-state index contributed by atoms with van der Waals surface area (Å²) in [4.78, 5) is 21.6. The van der Waals surface area contributed by atoms with E-state index in [1.54, 1.807) is 35.5 Å². The van der Waals surface area contributed by atoms with Crippen LogP contribution in [0.3, 0.4) is 0 Å². The zero-order valence-electron chi connectivity index (χ0n) is 14.9. The molecule has 7 nitrogen and oxygen atoms in total. The number of thiazole rings is 1. The number of rotatable bonds is 3. The fraction of sp³-hybridized carbons (Fsp3) is 0.389. The quantitative estimate of drug-likeness (QED) is 0.707. The molecular formula is C18H21N5O2S. The number of anilines is 1. The van der Waals surface area contributed by atoms with Gasteiger partial charge in [0.05, 0.1) is 29.1 Å². The molecule has 4 rings (SSSR count). The molecule has 1 fully saturated rings. The van der Waals surface area contributed by atoms with Gasteiger partial charge in [0.25, 0.3) is 5.91 Å². The number of carbonyl (C=O) groups excluding carboxylic acids is 1. The summed E-state index contributed by atoms with van der Waals surface area (Å²) < 4.78 is 8.07. The minimum atomic E-state index is 0.0500. The van der Waals surface area contributed by atoms with Gasteiger partial charge in [-0.1, -0.05) is 11.3 Å². The minimum Gasteiger partial charge on any atom is -0.497 e. The summed E-state index contributed by atoms with van der Waals surface area (Å²) >= 11 is 1.67. The maximum absolute atomic E-state index is 12.6. The largest absolute Gasteiger partial charge is 0.497 e. The molecule has 0 N–H and O–H groups in total. The summed E-state index contributed by atoms with van der Waals surface area (Å²) in [5.41, 5.74) is 1.63. The lowest BCUT2D eigenvalue weighted by Crippen LogP contribution is -2.35. The molecule has 8 heteroatoms. The van der Waals surface area contributed by atoms with Crippen molar-refractivity contribution >= 4 is 32.6 Å². The lowest BCUT2D eigenvalue weighted by molar-refractivity contribution is 0.0767. The minimum absolute atomic E-state index is 0.0500. The molecule has 1 aliphatic rings. The van der Waals surface area contributed by atoms with Gasteiger partial charge in [-0.25, -0.2) is 4.98 Å². The first-order valence-corrected chi connectivity index (χ1v) is 9.43. The van der Waals surface area contributed by atoms with Crippen LogP contribution in [0.2, 0.25) is 0 Å². The number of aryl methyl sites for hydroxylation is 1. The van der Waals surface area contributed by atoms with Crippen molar-refractivity contribution in [3.63, 3.8) is 0 Å². The third-order valence-corrected chi connectivity index (χ3v) is 5.67. The monoisotopic (exact) mass is 371 g/mol. The van der Waals surface area contributed by atoms with E-state index in [4.69, 9.17) is 9.72 Å². The highest BCUT2D eigenvalue weighted by Crippen LogP contribution is 2.31. The molecule has 0 saturated carbocycles. The number of benzene rings is 1. The highest BCUT2D eigenvalue weighted by atomic mass is 32.1. The van der Waals surface area contributed by atoms with Gasteiger partial charge in [0.15, 0.2) is 5.13 Å². The molecule has 0 spiro atoms. The Morgan fingerprint density at radius 1 is 1.23 bits per heavy atom. The predicted molar refractivity (Wildman–Crippen MR) is 102 cm³/mol. The van der Waals surface area contributed by atoms with Gasteiger partial charge in [-0.15, -0.1) is 0 Å². The Hall–Kier alpha value is -2.61. The van der Waals surface area contributed by atoms with Crippen LogP contribution in [-0.2, 0) is 7.05 Å². The molecule has 3 aromatic rings. The lowest BCUT2D eigenvalue weighted by Gasteiger charge is -2.21. The lowest BCUT2D eigenvalue weighted by atomic mass is 10.3. The van der Waals surface area contributed by atoms with Crippen molar-refractivity contribution in [2.45, 2.75) is 6.42 Å². The van der Waals surface area contributed by atoms with Crippen molar-refractivity contribution in [3.8, 4) is 5.75 Å². The first kappa shape index (κ1) is 16.8. The van der Waals surface area contributed by atoms with E-state index in [0.717, 1.165) is 47.2 Å². The van der Waals surface area contributed by atoms with Crippen LogP contribution in [0.5, 0.6) is 5.75 Å². The van der Waals surface area contributed by atoms with Gasteiger partial charge in [-0.2, -0.15) is 5.10 Å². The van der Waals surface area contributed by atoms with Gasteiger partial charge in [-0.05, 0) is 24.6 Å². The molecule has 136 valence electrons. The third-order valence-electron chi connectivity index (χ3n) is 4.59. The number of methoxy groups -OCH3 is 1. The normalized spacial score (nSPS) is 15.3. The standard InChI is InChI=1S/C18H21N5O2S/c1-21-12-13(11-19-21)17(24)22-6-3-7-23(9-8-22)18-20-15-5-4-14(25-2)10-16(15)26-18/h4-5,10-12H,3,6-9H2,1-2H3. The van der Waals surface area contributed by atoms with E-state index >= 15 is 0 Å². The van der Waals surface area contributed by atoms with Crippen molar-refractivity contribution in [2.24, 2.45) is 7.05 Å². The average molecular weight is 371 g/mol. The Balaban J connectivity index is 1.49. The molecule has 3 heterocycles. The molecule has 1 saturated heterocycles. The molecule has 26 heavy (non-hydrogen) atoms. The highest BCUT2D eigenvalue weighted by molar-refractivity contribution is 7.22. The fourth-order valence-electron chi connectivity index (χ4n) is 3.18. The van der Waals surface area contributed by atoms with Crippen LogP contribution in [-0.4, -0.2) is 58.9 Å². The van der Waals surface area contributed by atoms with Crippen molar-refractivity contribution < 1.29 is 9.53 Å². The van der Waals surface area contributed by atoms with Crippen LogP contribution in [0.4, 0.5) is 5.13 Å². The van der Waals surface area contributed by atoms with Gasteiger partial charge >= 0.3 is 0 Å². The van der Waals surface area contributed by atoms with Crippen LogP contribution in [0.1, 0.15) is 16.8 Å². The Morgan fingerprint density at radius 2 is 2.12 bits per heavy atom. The molecule has 0 unspecified atom stereocenters. The molecule has 0 atom stereocenters. The first-order chi connectivity index (χ1) is 12.6. The predicted octanol–water partition coefficient (Wildman–Crippen LogP) is 2.39. The van der Waals surface area contributed by atoms with E-state index in [9.17, 15) is 4.79 Å².